The number of methoxy groups -OCH3 is 1. The summed E-state index contributed by atoms with van der Waals surface area (Å²) in [6, 6.07) is 11.6. The van der Waals surface area contributed by atoms with Crippen molar-refractivity contribution in [2.24, 2.45) is 0 Å². The molecule has 2 N–H and O–H groups in total. The van der Waals surface area contributed by atoms with Crippen LogP contribution in [0.25, 0.3) is 6.08 Å². The number of aliphatic carboxylic acids is 1. The minimum absolute atomic E-state index is 0.0337. The number of nitriles is 1. The second-order valence-corrected chi connectivity index (χ2v) is 5.52. The van der Waals surface area contributed by atoms with Crippen LogP contribution in [0, 0.1) is 21.4 Å². The molecule has 2 rings (SSSR count). The number of hydrogen-bond donors (Lipinski definition) is 2. The molecule has 148 valence electrons. The van der Waals surface area contributed by atoms with Crippen LogP contribution in [0.3, 0.4) is 0 Å². The fraction of sp³-hybridized carbons (Fsp3) is 0.105. The van der Waals surface area contributed by atoms with Crippen LogP contribution in [-0.2, 0) is 9.59 Å². The van der Waals surface area contributed by atoms with Crippen LogP contribution in [-0.4, -0.2) is 35.6 Å². The van der Waals surface area contributed by atoms with E-state index in [1.807, 2.05) is 0 Å². The van der Waals surface area contributed by atoms with E-state index < -0.39 is 23.4 Å². The van der Waals surface area contributed by atoms with Crippen LogP contribution in [0.1, 0.15) is 5.56 Å². The summed E-state index contributed by atoms with van der Waals surface area (Å²) in [6.45, 7) is -0.536. The Kier molecular flexibility index (Phi) is 6.86. The standard InChI is InChI=1S/C19H15N3O7/c1-28-17-6-5-14(22(26)27)9-16(17)21-19(25)13(10-20)7-12-3-2-4-15(8-12)29-11-18(23)24/h2-9H,11H2,1H3,(H,21,25)(H,23,24)/b13-7+. The van der Waals surface area contributed by atoms with Gasteiger partial charge in [-0.05, 0) is 29.8 Å². The zero-order valence-electron chi connectivity index (χ0n) is 15.1. The van der Waals surface area contributed by atoms with Crippen LogP contribution in [0.2, 0.25) is 0 Å². The number of carbonyl (C=O) groups is 2. The summed E-state index contributed by atoms with van der Waals surface area (Å²) in [5, 5.41) is 31.3. The van der Waals surface area contributed by atoms with Gasteiger partial charge < -0.3 is 19.9 Å². The minimum Gasteiger partial charge on any atom is -0.495 e. The molecule has 0 spiro atoms. The van der Waals surface area contributed by atoms with E-state index in [-0.39, 0.29) is 28.4 Å². The van der Waals surface area contributed by atoms with Gasteiger partial charge in [0.2, 0.25) is 0 Å². The van der Waals surface area contributed by atoms with Gasteiger partial charge in [-0.25, -0.2) is 4.79 Å². The van der Waals surface area contributed by atoms with Gasteiger partial charge in [-0.3, -0.25) is 14.9 Å². The predicted octanol–water partition coefficient (Wildman–Crippen LogP) is 2.61. The molecule has 1 amide bonds. The highest BCUT2D eigenvalue weighted by Crippen LogP contribution is 2.29. The van der Waals surface area contributed by atoms with Crippen LogP contribution in [0.5, 0.6) is 11.5 Å². The van der Waals surface area contributed by atoms with Gasteiger partial charge in [-0.15, -0.1) is 0 Å². The molecule has 0 aliphatic heterocycles. The van der Waals surface area contributed by atoms with E-state index in [2.05, 4.69) is 5.32 Å². The molecule has 0 saturated heterocycles. The zero-order valence-corrected chi connectivity index (χ0v) is 15.1. The largest absolute Gasteiger partial charge is 0.495 e. The van der Waals surface area contributed by atoms with Gasteiger partial charge in [-0.1, -0.05) is 12.1 Å². The number of nitrogens with one attached hydrogen (secondary N) is 1. The summed E-state index contributed by atoms with van der Waals surface area (Å²) in [7, 11) is 1.33. The smallest absolute Gasteiger partial charge is 0.341 e. The molecule has 0 aliphatic rings. The Labute approximate surface area is 164 Å². The molecular weight excluding hydrogens is 382 g/mol. The number of ether oxygens (including phenoxy) is 2. The molecule has 10 nitrogen and oxygen atoms in total. The van der Waals surface area contributed by atoms with Gasteiger partial charge in [0.15, 0.2) is 6.61 Å². The summed E-state index contributed by atoms with van der Waals surface area (Å²) in [6.07, 6.45) is 1.27. The highest BCUT2D eigenvalue weighted by Gasteiger charge is 2.16. The predicted molar refractivity (Wildman–Crippen MR) is 101 cm³/mol. The first-order valence-corrected chi connectivity index (χ1v) is 8.04. The molecule has 0 unspecified atom stereocenters. The van der Waals surface area contributed by atoms with Crippen molar-refractivity contribution in [1.29, 1.82) is 5.26 Å². The molecule has 0 fully saturated rings. The van der Waals surface area contributed by atoms with Crippen molar-refractivity contribution < 1.29 is 29.1 Å². The molecule has 0 heterocycles. The number of nitro benzene ring substituents is 1. The molecule has 0 bridgehead atoms. The number of nitro groups is 1. The van der Waals surface area contributed by atoms with E-state index in [1.165, 1.54) is 37.5 Å². The second kappa shape index (κ2) is 9.52. The molecule has 0 atom stereocenters. The van der Waals surface area contributed by atoms with E-state index in [0.29, 0.717) is 5.56 Å². The lowest BCUT2D eigenvalue weighted by molar-refractivity contribution is -0.384. The number of rotatable bonds is 8. The molecule has 29 heavy (non-hydrogen) atoms. The van der Waals surface area contributed by atoms with Gasteiger partial charge in [0.1, 0.15) is 23.1 Å². The first-order valence-electron chi connectivity index (χ1n) is 8.04. The number of carboxylic acid groups (broad SMARTS) is 1. The normalized spacial score (nSPS) is 10.6. The van der Waals surface area contributed by atoms with Gasteiger partial charge in [-0.2, -0.15) is 5.26 Å². The highest BCUT2D eigenvalue weighted by atomic mass is 16.6. The SMILES string of the molecule is COc1ccc([N+](=O)[O-])cc1NC(=O)/C(C#N)=C/c1cccc(OCC(=O)O)c1. The number of carbonyl (C=O) groups excluding carboxylic acids is 1. The molecule has 10 heteroatoms. The Hall–Kier alpha value is -4.39. The third-order valence-corrected chi connectivity index (χ3v) is 3.54. The number of non-ortho nitro benzene ring substituents is 1. The number of amides is 1. The molecule has 2 aromatic carbocycles. The Morgan fingerprint density at radius 3 is 2.69 bits per heavy atom. The number of benzene rings is 2. The first kappa shape index (κ1) is 20.9. The number of hydrogen-bond acceptors (Lipinski definition) is 7. The van der Waals surface area contributed by atoms with Gasteiger partial charge in [0.05, 0.1) is 17.7 Å². The number of carboxylic acids is 1. The molecule has 0 aliphatic carbocycles. The Morgan fingerprint density at radius 2 is 2.07 bits per heavy atom. The lowest BCUT2D eigenvalue weighted by atomic mass is 10.1. The van der Waals surface area contributed by atoms with Crippen molar-refractivity contribution in [3.05, 3.63) is 63.7 Å². The van der Waals surface area contributed by atoms with Crippen LogP contribution >= 0.6 is 0 Å². The molecule has 2 aromatic rings. The summed E-state index contributed by atoms with van der Waals surface area (Å²) >= 11 is 0. The average Bonchev–Trinajstić information content (AvgIpc) is 2.70. The van der Waals surface area contributed by atoms with E-state index in [0.717, 1.165) is 6.07 Å². The van der Waals surface area contributed by atoms with E-state index in [4.69, 9.17) is 14.6 Å². The summed E-state index contributed by atoms with van der Waals surface area (Å²) in [4.78, 5) is 33.3. The topological polar surface area (TPSA) is 152 Å². The fourth-order valence-electron chi connectivity index (χ4n) is 2.25. The highest BCUT2D eigenvalue weighted by molar-refractivity contribution is 6.10. The van der Waals surface area contributed by atoms with Crippen molar-refractivity contribution in [1.82, 2.24) is 0 Å². The monoisotopic (exact) mass is 397 g/mol. The Morgan fingerprint density at radius 1 is 1.31 bits per heavy atom. The third-order valence-electron chi connectivity index (χ3n) is 3.54. The Bertz CT molecular complexity index is 1020. The van der Waals surface area contributed by atoms with Gasteiger partial charge >= 0.3 is 5.97 Å². The molecule has 0 radical (unpaired) electrons. The van der Waals surface area contributed by atoms with Gasteiger partial charge in [0.25, 0.3) is 11.6 Å². The van der Waals surface area contributed by atoms with Crippen molar-refractivity contribution >= 4 is 29.3 Å². The van der Waals surface area contributed by atoms with E-state index in [1.54, 1.807) is 18.2 Å². The van der Waals surface area contributed by atoms with Crippen molar-refractivity contribution in [2.75, 3.05) is 19.0 Å². The van der Waals surface area contributed by atoms with Crippen LogP contribution in [0.15, 0.2) is 48.0 Å². The first-order chi connectivity index (χ1) is 13.8. The lowest BCUT2D eigenvalue weighted by Crippen LogP contribution is -2.14. The summed E-state index contributed by atoms with van der Waals surface area (Å²) in [5.41, 5.74) is -0.0854. The maximum absolute atomic E-state index is 12.5. The zero-order chi connectivity index (χ0) is 21.4. The van der Waals surface area contributed by atoms with Crippen LogP contribution in [0.4, 0.5) is 11.4 Å². The minimum atomic E-state index is -1.14. The maximum Gasteiger partial charge on any atom is 0.341 e. The Balaban J connectivity index is 2.26. The number of anilines is 1. The summed E-state index contributed by atoms with van der Waals surface area (Å²) < 4.78 is 10.1. The van der Waals surface area contributed by atoms with Crippen molar-refractivity contribution in [3.63, 3.8) is 0 Å². The molecular formula is C19H15N3O7. The lowest BCUT2D eigenvalue weighted by Gasteiger charge is -2.09. The maximum atomic E-state index is 12.5. The second-order valence-electron chi connectivity index (χ2n) is 5.52. The molecule has 0 aromatic heterocycles. The van der Waals surface area contributed by atoms with E-state index >= 15 is 0 Å². The average molecular weight is 397 g/mol. The fourth-order valence-corrected chi connectivity index (χ4v) is 2.25. The quantitative estimate of drug-likeness (QED) is 0.298. The third kappa shape index (κ3) is 5.80. The van der Waals surface area contributed by atoms with Gasteiger partial charge in [0, 0.05) is 12.1 Å². The van der Waals surface area contributed by atoms with Crippen molar-refractivity contribution in [3.8, 4) is 17.6 Å². The molecule has 0 saturated carbocycles. The van der Waals surface area contributed by atoms with E-state index in [9.17, 15) is 25.0 Å². The summed E-state index contributed by atoms with van der Waals surface area (Å²) in [5.74, 6) is -1.51. The van der Waals surface area contributed by atoms with Crippen LogP contribution < -0.4 is 14.8 Å². The van der Waals surface area contributed by atoms with Crippen molar-refractivity contribution in [2.45, 2.75) is 0 Å². The number of nitrogens with zero attached hydrogens (tertiary/aromatic N) is 2.